The fourth-order valence-electron chi connectivity index (χ4n) is 2.06. The number of carbonyl (C=O) groups is 1. The van der Waals surface area contributed by atoms with Crippen LogP contribution in [0.25, 0.3) is 10.8 Å². The van der Waals surface area contributed by atoms with E-state index in [0.717, 1.165) is 16.3 Å². The Labute approximate surface area is 118 Å². The zero-order valence-electron chi connectivity index (χ0n) is 11.0. The van der Waals surface area contributed by atoms with Gasteiger partial charge in [0.05, 0.1) is 19.0 Å². The molecule has 0 bridgehead atoms. The number of rotatable bonds is 4. The molecule has 0 aliphatic heterocycles. The van der Waals surface area contributed by atoms with E-state index in [1.165, 1.54) is 4.90 Å². The molecule has 2 aromatic rings. The first-order valence-electron chi connectivity index (χ1n) is 6.30. The van der Waals surface area contributed by atoms with Crippen molar-refractivity contribution in [1.82, 2.24) is 4.90 Å². The van der Waals surface area contributed by atoms with Gasteiger partial charge in [0, 0.05) is 0 Å². The third-order valence-electron chi connectivity index (χ3n) is 3.07. The van der Waals surface area contributed by atoms with Crippen LogP contribution in [0.4, 0.5) is 0 Å². The summed E-state index contributed by atoms with van der Waals surface area (Å²) < 4.78 is 0. The highest BCUT2D eigenvalue weighted by molar-refractivity contribution is 5.85. The average molecular weight is 262 g/mol. The van der Waals surface area contributed by atoms with Gasteiger partial charge in [-0.15, -0.1) is 6.42 Å². The van der Waals surface area contributed by atoms with Gasteiger partial charge in [-0.1, -0.05) is 48.4 Å². The zero-order chi connectivity index (χ0) is 14.4. The average Bonchev–Trinajstić information content (AvgIpc) is 2.47. The van der Waals surface area contributed by atoms with Crippen molar-refractivity contribution in [2.45, 2.75) is 6.42 Å². The van der Waals surface area contributed by atoms with Crippen molar-refractivity contribution in [1.29, 1.82) is 5.26 Å². The molecule has 2 rings (SSSR count). The lowest BCUT2D eigenvalue weighted by molar-refractivity contribution is -0.129. The van der Waals surface area contributed by atoms with Gasteiger partial charge in [-0.25, -0.2) is 0 Å². The molecule has 2 aromatic carbocycles. The normalized spacial score (nSPS) is 9.70. The molecule has 0 heterocycles. The molecule has 3 heteroatoms. The van der Waals surface area contributed by atoms with Crippen LogP contribution in [0.15, 0.2) is 42.5 Å². The van der Waals surface area contributed by atoms with Crippen molar-refractivity contribution in [3.05, 3.63) is 48.0 Å². The van der Waals surface area contributed by atoms with Gasteiger partial charge in [0.2, 0.25) is 5.91 Å². The molecule has 0 atom stereocenters. The Kier molecular flexibility index (Phi) is 4.37. The minimum absolute atomic E-state index is 0.0244. The van der Waals surface area contributed by atoms with E-state index >= 15 is 0 Å². The molecule has 0 aromatic heterocycles. The maximum Gasteiger partial charge on any atom is 0.228 e. The van der Waals surface area contributed by atoms with Crippen LogP contribution in [-0.4, -0.2) is 23.9 Å². The molecule has 0 radical (unpaired) electrons. The summed E-state index contributed by atoms with van der Waals surface area (Å²) in [7, 11) is 0. The second-order valence-corrected chi connectivity index (χ2v) is 4.47. The summed E-state index contributed by atoms with van der Waals surface area (Å²) in [6.07, 6.45) is 5.47. The number of hydrogen-bond acceptors (Lipinski definition) is 2. The predicted octanol–water partition coefficient (Wildman–Crippen LogP) is 2.37. The van der Waals surface area contributed by atoms with E-state index in [1.807, 2.05) is 48.5 Å². The summed E-state index contributed by atoms with van der Waals surface area (Å²) >= 11 is 0. The minimum atomic E-state index is -0.125. The van der Waals surface area contributed by atoms with E-state index in [-0.39, 0.29) is 25.4 Å². The second-order valence-electron chi connectivity index (χ2n) is 4.47. The first-order chi connectivity index (χ1) is 9.74. The van der Waals surface area contributed by atoms with Crippen molar-refractivity contribution in [3.63, 3.8) is 0 Å². The smallest absolute Gasteiger partial charge is 0.228 e. The zero-order valence-corrected chi connectivity index (χ0v) is 11.0. The van der Waals surface area contributed by atoms with Gasteiger partial charge in [-0.2, -0.15) is 5.26 Å². The Morgan fingerprint density at radius 2 is 1.90 bits per heavy atom. The number of nitrogens with zero attached hydrogens (tertiary/aromatic N) is 2. The van der Waals surface area contributed by atoms with Crippen LogP contribution in [0.2, 0.25) is 0 Å². The first-order valence-corrected chi connectivity index (χ1v) is 6.30. The summed E-state index contributed by atoms with van der Waals surface area (Å²) in [5, 5.41) is 10.9. The number of hydrogen-bond donors (Lipinski definition) is 0. The number of carbonyl (C=O) groups excluding carboxylic acids is 1. The lowest BCUT2D eigenvalue weighted by Gasteiger charge is -2.16. The molecular weight excluding hydrogens is 248 g/mol. The van der Waals surface area contributed by atoms with E-state index in [1.54, 1.807) is 0 Å². The number of amides is 1. The van der Waals surface area contributed by atoms with E-state index in [0.29, 0.717) is 0 Å². The fourth-order valence-corrected chi connectivity index (χ4v) is 2.06. The molecule has 0 N–H and O–H groups in total. The van der Waals surface area contributed by atoms with E-state index in [4.69, 9.17) is 11.7 Å². The molecule has 0 saturated heterocycles. The van der Waals surface area contributed by atoms with Gasteiger partial charge in [-0.05, 0) is 16.3 Å². The quantitative estimate of drug-likeness (QED) is 0.627. The topological polar surface area (TPSA) is 44.1 Å². The summed E-state index contributed by atoms with van der Waals surface area (Å²) in [6.45, 7) is 0.191. The monoisotopic (exact) mass is 262 g/mol. The Bertz CT molecular complexity index is 691. The molecule has 3 nitrogen and oxygen atoms in total. The highest BCUT2D eigenvalue weighted by atomic mass is 16.2. The summed E-state index contributed by atoms with van der Waals surface area (Å²) in [4.78, 5) is 13.5. The summed E-state index contributed by atoms with van der Waals surface area (Å²) in [5.41, 5.74) is 0.925. The third kappa shape index (κ3) is 3.16. The standard InChI is InChI=1S/C17H14N2O/c1-2-10-19(11-9-18)17(20)13-14-7-8-15-5-3-4-6-16(15)12-14/h1,3-8,12H,10-11,13H2. The van der Waals surface area contributed by atoms with E-state index in [2.05, 4.69) is 5.92 Å². The van der Waals surface area contributed by atoms with E-state index < -0.39 is 0 Å². The van der Waals surface area contributed by atoms with Crippen LogP contribution in [0, 0.1) is 23.7 Å². The van der Waals surface area contributed by atoms with Crippen molar-refractivity contribution in [2.24, 2.45) is 0 Å². The van der Waals surface area contributed by atoms with E-state index in [9.17, 15) is 4.79 Å². The molecule has 0 spiro atoms. The SMILES string of the molecule is C#CCN(CC#N)C(=O)Cc1ccc2ccccc2c1. The van der Waals surface area contributed by atoms with Gasteiger partial charge in [0.25, 0.3) is 0 Å². The largest absolute Gasteiger partial charge is 0.318 e. The van der Waals surface area contributed by atoms with Gasteiger partial charge < -0.3 is 4.90 Å². The number of benzene rings is 2. The Balaban J connectivity index is 2.17. The number of nitriles is 1. The molecule has 1 amide bonds. The van der Waals surface area contributed by atoms with Crippen LogP contribution in [-0.2, 0) is 11.2 Å². The lowest BCUT2D eigenvalue weighted by Crippen LogP contribution is -2.33. The molecule has 0 saturated carbocycles. The lowest BCUT2D eigenvalue weighted by atomic mass is 10.0. The molecular formula is C17H14N2O. The molecule has 0 fully saturated rings. The third-order valence-corrected chi connectivity index (χ3v) is 3.07. The van der Waals surface area contributed by atoms with Gasteiger partial charge in [-0.3, -0.25) is 4.79 Å². The molecule has 0 aliphatic carbocycles. The van der Waals surface area contributed by atoms with Crippen molar-refractivity contribution in [3.8, 4) is 18.4 Å². The predicted molar refractivity (Wildman–Crippen MR) is 78.7 cm³/mol. The van der Waals surface area contributed by atoms with Crippen LogP contribution in [0.1, 0.15) is 5.56 Å². The minimum Gasteiger partial charge on any atom is -0.318 e. The Morgan fingerprint density at radius 3 is 2.60 bits per heavy atom. The first kappa shape index (κ1) is 13.6. The Hall–Kier alpha value is -2.78. The van der Waals surface area contributed by atoms with Crippen LogP contribution in [0.3, 0.4) is 0 Å². The van der Waals surface area contributed by atoms with Crippen LogP contribution in [0.5, 0.6) is 0 Å². The maximum atomic E-state index is 12.1. The fraction of sp³-hybridized carbons (Fsp3) is 0.176. The molecule has 0 aliphatic rings. The van der Waals surface area contributed by atoms with Crippen LogP contribution < -0.4 is 0 Å². The molecule has 0 unspecified atom stereocenters. The summed E-state index contributed by atoms with van der Waals surface area (Å²) in [5.74, 6) is 2.28. The number of terminal acetylenes is 1. The second kappa shape index (κ2) is 6.41. The maximum absolute atomic E-state index is 12.1. The van der Waals surface area contributed by atoms with Gasteiger partial charge >= 0.3 is 0 Å². The molecule has 98 valence electrons. The Morgan fingerprint density at radius 1 is 1.15 bits per heavy atom. The molecule has 20 heavy (non-hydrogen) atoms. The highest BCUT2D eigenvalue weighted by Crippen LogP contribution is 2.16. The van der Waals surface area contributed by atoms with Gasteiger partial charge in [0.1, 0.15) is 6.54 Å². The van der Waals surface area contributed by atoms with Crippen molar-refractivity contribution < 1.29 is 4.79 Å². The number of fused-ring (bicyclic) bond motifs is 1. The van der Waals surface area contributed by atoms with Crippen molar-refractivity contribution >= 4 is 16.7 Å². The van der Waals surface area contributed by atoms with Crippen molar-refractivity contribution in [2.75, 3.05) is 13.1 Å². The van der Waals surface area contributed by atoms with Gasteiger partial charge in [0.15, 0.2) is 0 Å². The summed E-state index contributed by atoms with van der Waals surface area (Å²) in [6, 6.07) is 15.9. The highest BCUT2D eigenvalue weighted by Gasteiger charge is 2.12. The van der Waals surface area contributed by atoms with Crippen LogP contribution >= 0.6 is 0 Å².